The van der Waals surface area contributed by atoms with E-state index in [1.54, 1.807) is 0 Å². The zero-order valence-corrected chi connectivity index (χ0v) is 9.34. The number of furan rings is 1. The number of aryl methyl sites for hydroxylation is 1. The van der Waals surface area contributed by atoms with Crippen molar-refractivity contribution in [1.29, 1.82) is 0 Å². The van der Waals surface area contributed by atoms with Gasteiger partial charge in [-0.1, -0.05) is 0 Å². The highest BCUT2D eigenvalue weighted by molar-refractivity contribution is 9.10. The Morgan fingerprint density at radius 3 is 2.57 bits per heavy atom. The summed E-state index contributed by atoms with van der Waals surface area (Å²) in [6.07, 6.45) is 0. The maximum Gasteiger partial charge on any atom is 0.169 e. The standard InChI is InChI=1S/C11H10BrNO/c1-7-6-8(13)2-3-9(7)10-4-5-11(12)14-10/h2-6H,13H2,1H3. The van der Waals surface area contributed by atoms with E-state index in [1.165, 1.54) is 0 Å². The lowest BCUT2D eigenvalue weighted by atomic mass is 10.1. The molecule has 1 aromatic carbocycles. The molecular weight excluding hydrogens is 242 g/mol. The van der Waals surface area contributed by atoms with Crippen molar-refractivity contribution >= 4 is 21.6 Å². The maximum absolute atomic E-state index is 5.67. The average molecular weight is 252 g/mol. The molecule has 0 saturated heterocycles. The first kappa shape index (κ1) is 9.34. The molecule has 0 saturated carbocycles. The van der Waals surface area contributed by atoms with Gasteiger partial charge in [0.25, 0.3) is 0 Å². The number of halogens is 1. The lowest BCUT2D eigenvalue weighted by molar-refractivity contribution is 0.555. The molecule has 2 rings (SSSR count). The van der Waals surface area contributed by atoms with Gasteiger partial charge in [0, 0.05) is 11.3 Å². The van der Waals surface area contributed by atoms with Crippen LogP contribution >= 0.6 is 15.9 Å². The molecule has 0 aliphatic carbocycles. The van der Waals surface area contributed by atoms with Crippen LogP contribution < -0.4 is 5.73 Å². The zero-order valence-electron chi connectivity index (χ0n) is 7.75. The van der Waals surface area contributed by atoms with E-state index in [2.05, 4.69) is 15.9 Å². The molecule has 0 aliphatic rings. The van der Waals surface area contributed by atoms with E-state index in [0.717, 1.165) is 27.2 Å². The number of hydrogen-bond acceptors (Lipinski definition) is 2. The van der Waals surface area contributed by atoms with E-state index in [0.29, 0.717) is 0 Å². The Labute approximate surface area is 90.9 Å². The van der Waals surface area contributed by atoms with Crippen LogP contribution in [-0.2, 0) is 0 Å². The summed E-state index contributed by atoms with van der Waals surface area (Å²) < 4.78 is 6.21. The SMILES string of the molecule is Cc1cc(N)ccc1-c1ccc(Br)o1. The van der Waals surface area contributed by atoms with Crippen molar-refractivity contribution in [2.45, 2.75) is 6.92 Å². The Bertz CT molecular complexity index is 462. The summed E-state index contributed by atoms with van der Waals surface area (Å²) in [6.45, 7) is 2.02. The second-order valence-electron chi connectivity index (χ2n) is 3.18. The maximum atomic E-state index is 5.67. The van der Waals surface area contributed by atoms with Gasteiger partial charge in [-0.25, -0.2) is 0 Å². The largest absolute Gasteiger partial charge is 0.449 e. The third-order valence-corrected chi connectivity index (χ3v) is 2.52. The molecular formula is C11H10BrNO. The van der Waals surface area contributed by atoms with Crippen LogP contribution in [0.3, 0.4) is 0 Å². The summed E-state index contributed by atoms with van der Waals surface area (Å²) in [5.74, 6) is 0.856. The number of hydrogen-bond donors (Lipinski definition) is 1. The minimum atomic E-state index is 0.740. The molecule has 0 amide bonds. The highest BCUT2D eigenvalue weighted by Gasteiger charge is 2.05. The van der Waals surface area contributed by atoms with Crippen LogP contribution in [0.4, 0.5) is 5.69 Å². The van der Waals surface area contributed by atoms with Gasteiger partial charge in [-0.2, -0.15) is 0 Å². The van der Waals surface area contributed by atoms with Gasteiger partial charge in [0.2, 0.25) is 0 Å². The van der Waals surface area contributed by atoms with Crippen LogP contribution in [0.15, 0.2) is 39.4 Å². The van der Waals surface area contributed by atoms with Crippen molar-refractivity contribution in [1.82, 2.24) is 0 Å². The lowest BCUT2D eigenvalue weighted by Gasteiger charge is -2.02. The van der Waals surface area contributed by atoms with E-state index < -0.39 is 0 Å². The van der Waals surface area contributed by atoms with Crippen molar-refractivity contribution in [3.8, 4) is 11.3 Å². The molecule has 0 spiro atoms. The second-order valence-corrected chi connectivity index (χ2v) is 3.96. The summed E-state index contributed by atoms with van der Waals surface area (Å²) in [7, 11) is 0. The number of nitrogens with two attached hydrogens (primary N) is 1. The number of benzene rings is 1. The highest BCUT2D eigenvalue weighted by Crippen LogP contribution is 2.28. The molecule has 3 heteroatoms. The average Bonchev–Trinajstić information content (AvgIpc) is 2.51. The first-order valence-corrected chi connectivity index (χ1v) is 5.08. The second kappa shape index (κ2) is 3.50. The normalized spacial score (nSPS) is 10.4. The molecule has 0 fully saturated rings. The molecule has 1 heterocycles. The first-order chi connectivity index (χ1) is 6.66. The molecule has 0 aliphatic heterocycles. The number of nitrogen functional groups attached to an aromatic ring is 1. The van der Waals surface area contributed by atoms with E-state index in [1.807, 2.05) is 37.3 Å². The summed E-state index contributed by atoms with van der Waals surface area (Å²) in [5.41, 5.74) is 8.64. The van der Waals surface area contributed by atoms with Crippen molar-refractivity contribution < 1.29 is 4.42 Å². The fourth-order valence-electron chi connectivity index (χ4n) is 1.42. The molecule has 0 unspecified atom stereocenters. The van der Waals surface area contributed by atoms with Crippen LogP contribution in [0, 0.1) is 6.92 Å². The molecule has 14 heavy (non-hydrogen) atoms. The fraction of sp³-hybridized carbons (Fsp3) is 0.0909. The summed E-state index contributed by atoms with van der Waals surface area (Å²) in [4.78, 5) is 0. The van der Waals surface area contributed by atoms with Gasteiger partial charge < -0.3 is 10.2 Å². The predicted octanol–water partition coefficient (Wildman–Crippen LogP) is 3.60. The Balaban J connectivity index is 2.52. The minimum Gasteiger partial charge on any atom is -0.449 e. The van der Waals surface area contributed by atoms with Crippen LogP contribution in [0.5, 0.6) is 0 Å². The van der Waals surface area contributed by atoms with Gasteiger partial charge >= 0.3 is 0 Å². The highest BCUT2D eigenvalue weighted by atomic mass is 79.9. The predicted molar refractivity (Wildman–Crippen MR) is 61.0 cm³/mol. The van der Waals surface area contributed by atoms with Gasteiger partial charge in [0.05, 0.1) is 0 Å². The van der Waals surface area contributed by atoms with Gasteiger partial charge in [0.1, 0.15) is 5.76 Å². The molecule has 2 nitrogen and oxygen atoms in total. The molecule has 0 radical (unpaired) electrons. The van der Waals surface area contributed by atoms with Crippen molar-refractivity contribution in [2.24, 2.45) is 0 Å². The van der Waals surface area contributed by atoms with Crippen molar-refractivity contribution in [3.63, 3.8) is 0 Å². The van der Waals surface area contributed by atoms with Crippen LogP contribution in [0.1, 0.15) is 5.56 Å². The van der Waals surface area contributed by atoms with Gasteiger partial charge in [-0.15, -0.1) is 0 Å². The van der Waals surface area contributed by atoms with Gasteiger partial charge in [0.15, 0.2) is 4.67 Å². The van der Waals surface area contributed by atoms with E-state index >= 15 is 0 Å². The van der Waals surface area contributed by atoms with Crippen LogP contribution in [0.2, 0.25) is 0 Å². The van der Waals surface area contributed by atoms with Crippen molar-refractivity contribution in [2.75, 3.05) is 5.73 Å². The topological polar surface area (TPSA) is 39.2 Å². The molecule has 0 bridgehead atoms. The smallest absolute Gasteiger partial charge is 0.169 e. The Morgan fingerprint density at radius 2 is 2.00 bits per heavy atom. The Kier molecular flexibility index (Phi) is 2.33. The third-order valence-electron chi connectivity index (χ3n) is 2.09. The van der Waals surface area contributed by atoms with Gasteiger partial charge in [-0.3, -0.25) is 0 Å². The van der Waals surface area contributed by atoms with E-state index in [4.69, 9.17) is 10.2 Å². The lowest BCUT2D eigenvalue weighted by Crippen LogP contribution is -1.87. The molecule has 1 aromatic heterocycles. The minimum absolute atomic E-state index is 0.740. The van der Waals surface area contributed by atoms with Crippen LogP contribution in [-0.4, -0.2) is 0 Å². The molecule has 72 valence electrons. The van der Waals surface area contributed by atoms with Crippen molar-refractivity contribution in [3.05, 3.63) is 40.6 Å². The summed E-state index contributed by atoms with van der Waals surface area (Å²) in [5, 5.41) is 0. The quantitative estimate of drug-likeness (QED) is 0.787. The van der Waals surface area contributed by atoms with E-state index in [9.17, 15) is 0 Å². The summed E-state index contributed by atoms with van der Waals surface area (Å²) >= 11 is 3.28. The van der Waals surface area contributed by atoms with Crippen LogP contribution in [0.25, 0.3) is 11.3 Å². The number of rotatable bonds is 1. The zero-order chi connectivity index (χ0) is 10.1. The molecule has 0 atom stereocenters. The summed E-state index contributed by atoms with van der Waals surface area (Å²) in [6, 6.07) is 9.59. The number of anilines is 1. The monoisotopic (exact) mass is 251 g/mol. The third kappa shape index (κ3) is 1.68. The Morgan fingerprint density at radius 1 is 1.21 bits per heavy atom. The fourth-order valence-corrected chi connectivity index (χ4v) is 1.73. The first-order valence-electron chi connectivity index (χ1n) is 4.28. The van der Waals surface area contributed by atoms with Gasteiger partial charge in [-0.05, 0) is 58.7 Å². The molecule has 2 N–H and O–H groups in total. The Hall–Kier alpha value is -1.22. The van der Waals surface area contributed by atoms with E-state index in [-0.39, 0.29) is 0 Å². The molecule has 2 aromatic rings.